The molecule has 0 bridgehead atoms. The van der Waals surface area contributed by atoms with Gasteiger partial charge in [0.05, 0.1) is 17.4 Å². The minimum absolute atomic E-state index is 0.0513. The van der Waals surface area contributed by atoms with Crippen LogP contribution in [0.3, 0.4) is 0 Å². The fourth-order valence-corrected chi connectivity index (χ4v) is 4.40. The Labute approximate surface area is 146 Å². The third-order valence-corrected chi connectivity index (χ3v) is 6.60. The van der Waals surface area contributed by atoms with E-state index in [0.717, 1.165) is 24.0 Å². The molecule has 3 aromatic rings. The summed E-state index contributed by atoms with van der Waals surface area (Å²) in [6.45, 7) is 4.04. The van der Waals surface area contributed by atoms with Gasteiger partial charge in [-0.2, -0.15) is 0 Å². The van der Waals surface area contributed by atoms with E-state index in [2.05, 4.69) is 16.9 Å². The van der Waals surface area contributed by atoms with E-state index in [1.807, 2.05) is 6.92 Å². The van der Waals surface area contributed by atoms with Crippen molar-refractivity contribution >= 4 is 21.1 Å². The van der Waals surface area contributed by atoms with Crippen LogP contribution in [0.4, 0.5) is 0 Å². The lowest BCUT2D eigenvalue weighted by atomic mass is 9.99. The summed E-state index contributed by atoms with van der Waals surface area (Å²) in [5.41, 5.74) is 2.24. The molecule has 0 amide bonds. The van der Waals surface area contributed by atoms with Crippen molar-refractivity contribution in [3.63, 3.8) is 0 Å². The van der Waals surface area contributed by atoms with E-state index < -0.39 is 10.0 Å². The smallest absolute Gasteiger partial charge is 0.269 e. The van der Waals surface area contributed by atoms with Crippen molar-refractivity contribution in [1.82, 2.24) is 13.9 Å². The van der Waals surface area contributed by atoms with E-state index in [4.69, 9.17) is 4.74 Å². The second kappa shape index (κ2) is 5.29. The molecule has 0 saturated heterocycles. The van der Waals surface area contributed by atoms with Gasteiger partial charge < -0.3 is 4.74 Å². The molecule has 1 aromatic carbocycles. The molecule has 130 valence electrons. The molecule has 1 fully saturated rings. The van der Waals surface area contributed by atoms with Crippen LogP contribution in [0.25, 0.3) is 11.0 Å². The molecular weight excluding hydrogens is 338 g/mol. The third-order valence-electron chi connectivity index (χ3n) is 4.94. The average Bonchev–Trinajstić information content (AvgIpc) is 3.21. The Morgan fingerprint density at radius 3 is 2.44 bits per heavy atom. The number of hydrogen-bond acceptors (Lipinski definition) is 5. The summed E-state index contributed by atoms with van der Waals surface area (Å²) in [6, 6.07) is 6.81. The van der Waals surface area contributed by atoms with E-state index in [0.29, 0.717) is 16.9 Å². The summed E-state index contributed by atoms with van der Waals surface area (Å²) in [5, 5.41) is 0.681. The van der Waals surface area contributed by atoms with Crippen molar-refractivity contribution in [3.05, 3.63) is 47.9 Å². The molecular formula is C18H19N3O3S. The Hall–Kier alpha value is -2.41. The monoisotopic (exact) mass is 357 g/mol. The number of rotatable bonds is 4. The normalized spacial score (nSPS) is 16.1. The first-order chi connectivity index (χ1) is 11.9. The number of ether oxygens (including phenoxy) is 1. The van der Waals surface area contributed by atoms with Gasteiger partial charge in [-0.1, -0.05) is 24.6 Å². The lowest BCUT2D eigenvalue weighted by molar-refractivity contribution is 0.402. The van der Waals surface area contributed by atoms with Crippen LogP contribution >= 0.6 is 0 Å². The first-order valence-corrected chi connectivity index (χ1v) is 9.54. The summed E-state index contributed by atoms with van der Waals surface area (Å²) in [5.74, 6) is 0.408. The van der Waals surface area contributed by atoms with Crippen LogP contribution in [0, 0.1) is 6.92 Å². The van der Waals surface area contributed by atoms with Gasteiger partial charge >= 0.3 is 0 Å². The molecule has 0 aliphatic heterocycles. The summed E-state index contributed by atoms with van der Waals surface area (Å²) in [6.07, 6.45) is 5.04. The molecule has 0 atom stereocenters. The zero-order chi connectivity index (χ0) is 17.8. The number of aromatic nitrogens is 3. The van der Waals surface area contributed by atoms with Gasteiger partial charge in [0.25, 0.3) is 10.0 Å². The Balaban J connectivity index is 2.01. The second-order valence-corrected chi connectivity index (χ2v) is 8.61. The number of aryl methyl sites for hydroxylation is 1. The van der Waals surface area contributed by atoms with Gasteiger partial charge in [0.2, 0.25) is 5.88 Å². The average molecular weight is 357 g/mol. The molecule has 0 radical (unpaired) electrons. The van der Waals surface area contributed by atoms with Crippen molar-refractivity contribution in [2.75, 3.05) is 7.11 Å². The van der Waals surface area contributed by atoms with Crippen LogP contribution in [0.15, 0.2) is 41.7 Å². The molecule has 2 aromatic heterocycles. The van der Waals surface area contributed by atoms with E-state index in [1.54, 1.807) is 30.5 Å². The third kappa shape index (κ3) is 2.41. The largest absolute Gasteiger partial charge is 0.480 e. The van der Waals surface area contributed by atoms with Crippen LogP contribution in [-0.4, -0.2) is 29.5 Å². The predicted octanol–water partition coefficient (Wildman–Crippen LogP) is 3.04. The number of fused-ring (bicyclic) bond motifs is 1. The number of nitrogens with zero attached hydrogens (tertiary/aromatic N) is 3. The van der Waals surface area contributed by atoms with Gasteiger partial charge in [0.1, 0.15) is 6.33 Å². The highest BCUT2D eigenvalue weighted by molar-refractivity contribution is 7.90. The number of benzene rings is 1. The highest BCUT2D eigenvalue weighted by Crippen LogP contribution is 2.51. The molecule has 25 heavy (non-hydrogen) atoms. The highest BCUT2D eigenvalue weighted by Gasteiger charge is 2.43. The quantitative estimate of drug-likeness (QED) is 0.717. The van der Waals surface area contributed by atoms with Gasteiger partial charge in [-0.15, -0.1) is 0 Å². The fourth-order valence-electron chi connectivity index (χ4n) is 3.08. The molecule has 1 aliphatic rings. The van der Waals surface area contributed by atoms with Crippen molar-refractivity contribution in [1.29, 1.82) is 0 Å². The molecule has 6 nitrogen and oxygen atoms in total. The molecule has 4 rings (SSSR count). The van der Waals surface area contributed by atoms with Crippen LogP contribution in [0.1, 0.15) is 30.9 Å². The molecule has 0 unspecified atom stereocenters. The van der Waals surface area contributed by atoms with E-state index in [1.165, 1.54) is 17.4 Å². The Morgan fingerprint density at radius 1 is 1.16 bits per heavy atom. The van der Waals surface area contributed by atoms with Gasteiger partial charge in [0, 0.05) is 6.20 Å². The first-order valence-electron chi connectivity index (χ1n) is 8.09. The maximum absolute atomic E-state index is 13.2. The molecule has 1 saturated carbocycles. The summed E-state index contributed by atoms with van der Waals surface area (Å²) in [4.78, 5) is 8.66. The first kappa shape index (κ1) is 16.1. The molecule has 0 spiro atoms. The minimum atomic E-state index is -3.75. The number of hydrogen-bond donors (Lipinski definition) is 0. The van der Waals surface area contributed by atoms with Crippen molar-refractivity contribution in [2.24, 2.45) is 0 Å². The maximum Gasteiger partial charge on any atom is 0.269 e. The Morgan fingerprint density at radius 2 is 1.84 bits per heavy atom. The molecule has 0 N–H and O–H groups in total. The van der Waals surface area contributed by atoms with Crippen LogP contribution < -0.4 is 4.74 Å². The molecule has 1 aliphatic carbocycles. The van der Waals surface area contributed by atoms with E-state index >= 15 is 0 Å². The van der Waals surface area contributed by atoms with Gasteiger partial charge in [-0.25, -0.2) is 22.4 Å². The standard InChI is InChI=1S/C18H19N3O3S/c1-12-4-6-13(7-5-12)25(22,23)21-10-14(18(2)8-9-18)15-16(21)19-11-20-17(15)24-3/h4-7,10-11H,8-9H2,1-3H3. The topological polar surface area (TPSA) is 74.1 Å². The zero-order valence-electron chi connectivity index (χ0n) is 14.4. The van der Waals surface area contributed by atoms with Crippen molar-refractivity contribution in [3.8, 4) is 5.88 Å². The van der Waals surface area contributed by atoms with Gasteiger partial charge in [0.15, 0.2) is 5.65 Å². The minimum Gasteiger partial charge on any atom is -0.480 e. The van der Waals surface area contributed by atoms with Crippen LogP contribution in [-0.2, 0) is 15.4 Å². The molecule has 7 heteroatoms. The van der Waals surface area contributed by atoms with E-state index in [-0.39, 0.29) is 10.3 Å². The summed E-state index contributed by atoms with van der Waals surface area (Å²) in [7, 11) is -2.21. The number of methoxy groups -OCH3 is 1. The van der Waals surface area contributed by atoms with Crippen molar-refractivity contribution < 1.29 is 13.2 Å². The fraction of sp³-hybridized carbons (Fsp3) is 0.333. The van der Waals surface area contributed by atoms with Crippen LogP contribution in [0.2, 0.25) is 0 Å². The SMILES string of the molecule is COc1ncnc2c1c(C1(C)CC1)cn2S(=O)(=O)c1ccc(C)cc1. The second-order valence-electron chi connectivity index (χ2n) is 6.80. The van der Waals surface area contributed by atoms with Crippen molar-refractivity contribution in [2.45, 2.75) is 37.0 Å². The highest BCUT2D eigenvalue weighted by atomic mass is 32.2. The summed E-state index contributed by atoms with van der Waals surface area (Å²) >= 11 is 0. The Kier molecular flexibility index (Phi) is 3.40. The lowest BCUT2D eigenvalue weighted by Gasteiger charge is -2.07. The van der Waals surface area contributed by atoms with Gasteiger partial charge in [-0.3, -0.25) is 0 Å². The van der Waals surface area contributed by atoms with Gasteiger partial charge in [-0.05, 0) is 42.9 Å². The lowest BCUT2D eigenvalue weighted by Crippen LogP contribution is -2.12. The molecule has 2 heterocycles. The maximum atomic E-state index is 13.2. The zero-order valence-corrected chi connectivity index (χ0v) is 15.2. The predicted molar refractivity (Wildman–Crippen MR) is 94.4 cm³/mol. The van der Waals surface area contributed by atoms with E-state index in [9.17, 15) is 8.42 Å². The Bertz CT molecular complexity index is 1060. The van der Waals surface area contributed by atoms with Crippen LogP contribution in [0.5, 0.6) is 5.88 Å². The summed E-state index contributed by atoms with van der Waals surface area (Å²) < 4.78 is 33.0.